The first-order chi connectivity index (χ1) is 11.0. The van der Waals surface area contributed by atoms with E-state index in [9.17, 15) is 0 Å². The summed E-state index contributed by atoms with van der Waals surface area (Å²) >= 11 is 0. The molecule has 0 saturated heterocycles. The number of hydrogen-bond acceptors (Lipinski definition) is 2. The monoisotopic (exact) mass is 310 g/mol. The predicted molar refractivity (Wildman–Crippen MR) is 102 cm³/mol. The summed E-state index contributed by atoms with van der Waals surface area (Å²) < 4.78 is 0. The maximum atomic E-state index is 6.22. The lowest BCUT2D eigenvalue weighted by Crippen LogP contribution is -2.02. The highest BCUT2D eigenvalue weighted by Gasteiger charge is 2.09. The van der Waals surface area contributed by atoms with Gasteiger partial charge < -0.3 is 11.5 Å². The molecule has 2 aromatic rings. The molecule has 2 rings (SSSR count). The van der Waals surface area contributed by atoms with Gasteiger partial charge in [-0.1, -0.05) is 51.0 Å². The van der Waals surface area contributed by atoms with E-state index >= 15 is 0 Å². The lowest BCUT2D eigenvalue weighted by atomic mass is 9.93. The predicted octanol–water partition coefficient (Wildman–Crippen LogP) is 4.96. The van der Waals surface area contributed by atoms with Crippen molar-refractivity contribution in [2.45, 2.75) is 59.8 Å². The van der Waals surface area contributed by atoms with E-state index in [1.165, 1.54) is 33.4 Å². The first-order valence-electron chi connectivity index (χ1n) is 8.72. The highest BCUT2D eigenvalue weighted by Crippen LogP contribution is 2.26. The third-order valence-corrected chi connectivity index (χ3v) is 4.51. The molecule has 0 heterocycles. The van der Waals surface area contributed by atoms with E-state index in [1.54, 1.807) is 0 Å². The third kappa shape index (κ3) is 4.07. The van der Waals surface area contributed by atoms with Gasteiger partial charge in [0.15, 0.2) is 0 Å². The lowest BCUT2D eigenvalue weighted by Gasteiger charge is -2.14. The van der Waals surface area contributed by atoms with Gasteiger partial charge in [0.2, 0.25) is 0 Å². The highest BCUT2D eigenvalue weighted by atomic mass is 14.6. The largest absolute Gasteiger partial charge is 0.398 e. The van der Waals surface area contributed by atoms with Gasteiger partial charge in [0.25, 0.3) is 0 Å². The first kappa shape index (κ1) is 17.4. The van der Waals surface area contributed by atoms with Crippen molar-refractivity contribution in [3.05, 3.63) is 57.6 Å². The third-order valence-electron chi connectivity index (χ3n) is 4.51. The number of hydrogen-bond donors (Lipinski definition) is 2. The van der Waals surface area contributed by atoms with Crippen LogP contribution >= 0.6 is 0 Å². The molecule has 0 aliphatic carbocycles. The minimum atomic E-state index is 0.940. The number of aryl methyl sites for hydroxylation is 4. The van der Waals surface area contributed by atoms with Crippen molar-refractivity contribution >= 4 is 11.4 Å². The van der Waals surface area contributed by atoms with E-state index in [-0.39, 0.29) is 0 Å². The second-order valence-corrected chi connectivity index (χ2v) is 6.65. The van der Waals surface area contributed by atoms with Crippen LogP contribution in [0, 0.1) is 13.8 Å². The van der Waals surface area contributed by atoms with Crippen molar-refractivity contribution < 1.29 is 0 Å². The Kier molecular flexibility index (Phi) is 5.70. The summed E-state index contributed by atoms with van der Waals surface area (Å²) in [6, 6.07) is 8.99. The molecule has 2 nitrogen and oxygen atoms in total. The Hall–Kier alpha value is -1.96. The zero-order valence-corrected chi connectivity index (χ0v) is 15.0. The molecule has 0 saturated carbocycles. The van der Waals surface area contributed by atoms with Gasteiger partial charge in [-0.3, -0.25) is 0 Å². The normalized spacial score (nSPS) is 11.0. The van der Waals surface area contributed by atoms with Crippen molar-refractivity contribution in [3.63, 3.8) is 0 Å². The Bertz CT molecular complexity index is 627. The van der Waals surface area contributed by atoms with Crippen LogP contribution in [0.1, 0.15) is 60.1 Å². The molecule has 23 heavy (non-hydrogen) atoms. The smallest absolute Gasteiger partial charge is 0.0376 e. The van der Waals surface area contributed by atoms with Crippen LogP contribution in [-0.4, -0.2) is 0 Å². The van der Waals surface area contributed by atoms with Gasteiger partial charge in [0.1, 0.15) is 0 Å². The zero-order chi connectivity index (χ0) is 17.0. The molecule has 4 N–H and O–H groups in total. The van der Waals surface area contributed by atoms with E-state index in [4.69, 9.17) is 11.5 Å². The van der Waals surface area contributed by atoms with Gasteiger partial charge in [-0.2, -0.15) is 0 Å². The molecular weight excluding hydrogens is 280 g/mol. The molecule has 0 atom stereocenters. The summed E-state index contributed by atoms with van der Waals surface area (Å²) in [6.07, 6.45) is 5.27. The number of nitrogens with two attached hydrogens (primary N) is 2. The lowest BCUT2D eigenvalue weighted by molar-refractivity contribution is 0.915. The summed E-state index contributed by atoms with van der Waals surface area (Å²) in [4.78, 5) is 0. The zero-order valence-electron chi connectivity index (χ0n) is 15.0. The molecular formula is C21H30N2. The molecule has 2 aromatic carbocycles. The first-order valence-corrected chi connectivity index (χ1v) is 8.72. The van der Waals surface area contributed by atoms with E-state index in [0.29, 0.717) is 0 Å². The van der Waals surface area contributed by atoms with Crippen LogP contribution in [0.15, 0.2) is 24.3 Å². The van der Waals surface area contributed by atoms with Crippen LogP contribution in [0.5, 0.6) is 0 Å². The van der Waals surface area contributed by atoms with Crippen molar-refractivity contribution in [1.29, 1.82) is 0 Å². The van der Waals surface area contributed by atoms with Crippen molar-refractivity contribution in [2.75, 3.05) is 11.5 Å². The summed E-state index contributed by atoms with van der Waals surface area (Å²) in [7, 11) is 0. The van der Waals surface area contributed by atoms with Crippen LogP contribution in [0.25, 0.3) is 0 Å². The number of nitrogen functional groups attached to an aromatic ring is 2. The molecule has 0 aliphatic rings. The molecule has 0 aromatic heterocycles. The van der Waals surface area contributed by atoms with Crippen LogP contribution in [0.2, 0.25) is 0 Å². The summed E-state index contributed by atoms with van der Waals surface area (Å²) in [5.74, 6) is 0. The molecule has 2 heteroatoms. The van der Waals surface area contributed by atoms with Crippen molar-refractivity contribution in [2.24, 2.45) is 0 Å². The second kappa shape index (κ2) is 7.54. The van der Waals surface area contributed by atoms with Gasteiger partial charge >= 0.3 is 0 Å². The van der Waals surface area contributed by atoms with E-state index < -0.39 is 0 Å². The molecule has 0 spiro atoms. The minimum Gasteiger partial charge on any atom is -0.398 e. The minimum absolute atomic E-state index is 0.940. The summed E-state index contributed by atoms with van der Waals surface area (Å²) in [5, 5.41) is 0. The Balaban J connectivity index is 2.35. The maximum absolute atomic E-state index is 6.22. The van der Waals surface area contributed by atoms with E-state index in [2.05, 4.69) is 52.0 Å². The van der Waals surface area contributed by atoms with Gasteiger partial charge in [0.05, 0.1) is 0 Å². The summed E-state index contributed by atoms with van der Waals surface area (Å²) in [5.41, 5.74) is 22.0. The van der Waals surface area contributed by atoms with Gasteiger partial charge in [-0.25, -0.2) is 0 Å². The SMILES string of the molecule is CCCc1cc(Cc2cc(C)c(N)c(CCC)c2)cc(C)c1N. The fraction of sp³-hybridized carbons (Fsp3) is 0.429. The summed E-state index contributed by atoms with van der Waals surface area (Å²) in [6.45, 7) is 8.60. The molecule has 0 radical (unpaired) electrons. The molecule has 0 bridgehead atoms. The Morgan fingerprint density at radius 3 is 1.43 bits per heavy atom. The van der Waals surface area contributed by atoms with Crippen molar-refractivity contribution in [1.82, 2.24) is 0 Å². The van der Waals surface area contributed by atoms with Gasteiger partial charge in [0, 0.05) is 11.4 Å². The molecule has 124 valence electrons. The maximum Gasteiger partial charge on any atom is 0.0376 e. The number of anilines is 2. The van der Waals surface area contributed by atoms with E-state index in [0.717, 1.165) is 43.5 Å². The van der Waals surface area contributed by atoms with Crippen LogP contribution < -0.4 is 11.5 Å². The Morgan fingerprint density at radius 1 is 0.696 bits per heavy atom. The standard InChI is InChI=1S/C21H30N2/c1-5-7-18-12-16(9-14(3)20(18)22)11-17-10-15(4)21(23)19(13-17)8-6-2/h9-10,12-13H,5-8,11,22-23H2,1-4H3. The van der Waals surface area contributed by atoms with Crippen LogP contribution in [-0.2, 0) is 19.3 Å². The van der Waals surface area contributed by atoms with Crippen LogP contribution in [0.4, 0.5) is 11.4 Å². The van der Waals surface area contributed by atoms with E-state index in [1.807, 2.05) is 0 Å². The second-order valence-electron chi connectivity index (χ2n) is 6.65. The fourth-order valence-corrected chi connectivity index (χ4v) is 3.30. The van der Waals surface area contributed by atoms with Crippen LogP contribution in [0.3, 0.4) is 0 Å². The Labute approximate surface area is 140 Å². The Morgan fingerprint density at radius 2 is 1.09 bits per heavy atom. The molecule has 0 fully saturated rings. The molecule has 0 amide bonds. The number of benzene rings is 2. The highest BCUT2D eigenvalue weighted by molar-refractivity contribution is 5.58. The molecule has 0 unspecified atom stereocenters. The van der Waals surface area contributed by atoms with Gasteiger partial charge in [-0.05, 0) is 66.5 Å². The van der Waals surface area contributed by atoms with Gasteiger partial charge in [-0.15, -0.1) is 0 Å². The topological polar surface area (TPSA) is 52.0 Å². The quantitative estimate of drug-likeness (QED) is 0.741. The fourth-order valence-electron chi connectivity index (χ4n) is 3.30. The number of rotatable bonds is 6. The average molecular weight is 310 g/mol. The molecule has 0 aliphatic heterocycles. The van der Waals surface area contributed by atoms with Crippen molar-refractivity contribution in [3.8, 4) is 0 Å². The average Bonchev–Trinajstić information content (AvgIpc) is 2.50.